The van der Waals surface area contributed by atoms with Crippen LogP contribution in [-0.4, -0.2) is 6.92 Å². The smallest absolute Gasteiger partial charge is 0.350 e. The molecule has 0 amide bonds. The molecule has 0 spiro atoms. The van der Waals surface area contributed by atoms with E-state index in [0.29, 0.717) is 0 Å². The molecule has 0 aromatic heterocycles. The third-order valence-electron chi connectivity index (χ3n) is 0.368. The van der Waals surface area contributed by atoms with Crippen LogP contribution in [0.4, 0.5) is 0 Å². The molecular weight excluding hydrogens is 74.9 g/mol. The topological polar surface area (TPSA) is 9.23 Å². The van der Waals surface area contributed by atoms with Crippen molar-refractivity contribution in [3.05, 3.63) is 12.8 Å². The van der Waals surface area contributed by atoms with E-state index in [0.717, 1.165) is 0 Å². The minimum atomic E-state index is 0.280. The molecule has 6 heavy (non-hydrogen) atoms. The van der Waals surface area contributed by atoms with E-state index in [1.54, 1.807) is 0 Å². The van der Waals surface area contributed by atoms with Gasteiger partial charge < -0.3 is 4.65 Å². The minimum absolute atomic E-state index is 0.280. The highest BCUT2D eigenvalue weighted by atomic mass is 16.4. The fourth-order valence-electron chi connectivity index (χ4n) is 0.192. The Bertz CT molecular complexity index is 42.8. The largest absolute Gasteiger partial charge is 0.567 e. The zero-order chi connectivity index (χ0) is 4.99. The lowest BCUT2D eigenvalue weighted by atomic mass is 9.75. The standard InChI is InChI=1S/C4H9BO/c1-4-6-5(2)3/h4H,1H2,2-3H3. The molecule has 0 aromatic rings. The van der Waals surface area contributed by atoms with Crippen molar-refractivity contribution in [2.45, 2.75) is 13.6 Å². The van der Waals surface area contributed by atoms with Gasteiger partial charge in [0, 0.05) is 0 Å². The van der Waals surface area contributed by atoms with Crippen LogP contribution in [0.5, 0.6) is 0 Å². The molecule has 34 valence electrons. The van der Waals surface area contributed by atoms with Gasteiger partial charge in [-0.25, -0.2) is 0 Å². The molecule has 0 bridgehead atoms. The average molecular weight is 83.9 g/mol. The summed E-state index contributed by atoms with van der Waals surface area (Å²) >= 11 is 0. The molecule has 0 atom stereocenters. The van der Waals surface area contributed by atoms with Crippen LogP contribution in [-0.2, 0) is 4.65 Å². The lowest BCUT2D eigenvalue weighted by molar-refractivity contribution is 0.503. The Hall–Kier alpha value is -0.395. The molecular formula is C4H9BO. The van der Waals surface area contributed by atoms with E-state index in [-0.39, 0.29) is 6.92 Å². The van der Waals surface area contributed by atoms with Crippen molar-refractivity contribution in [1.82, 2.24) is 0 Å². The van der Waals surface area contributed by atoms with Gasteiger partial charge >= 0.3 is 6.92 Å². The Balaban J connectivity index is 2.81. The fourth-order valence-corrected chi connectivity index (χ4v) is 0.192. The first-order chi connectivity index (χ1) is 2.77. The Morgan fingerprint density at radius 3 is 2.17 bits per heavy atom. The molecule has 0 saturated heterocycles. The molecule has 2 heteroatoms. The third kappa shape index (κ3) is 3.60. The van der Waals surface area contributed by atoms with Crippen molar-refractivity contribution >= 4 is 6.92 Å². The van der Waals surface area contributed by atoms with Gasteiger partial charge in [-0.3, -0.25) is 0 Å². The van der Waals surface area contributed by atoms with Crippen LogP contribution in [0.1, 0.15) is 0 Å². The van der Waals surface area contributed by atoms with Crippen molar-refractivity contribution in [3.8, 4) is 0 Å². The second kappa shape index (κ2) is 2.82. The lowest BCUT2D eigenvalue weighted by Crippen LogP contribution is -2.00. The first-order valence-electron chi connectivity index (χ1n) is 2.03. The molecule has 0 aromatic carbocycles. The normalized spacial score (nSPS) is 7.00. The van der Waals surface area contributed by atoms with Crippen LogP contribution >= 0.6 is 0 Å². The average Bonchev–Trinajstić information content (AvgIpc) is 1.35. The van der Waals surface area contributed by atoms with Gasteiger partial charge in [0.2, 0.25) is 0 Å². The van der Waals surface area contributed by atoms with Gasteiger partial charge in [0.1, 0.15) is 0 Å². The van der Waals surface area contributed by atoms with E-state index in [2.05, 4.69) is 6.58 Å². The van der Waals surface area contributed by atoms with Gasteiger partial charge in [-0.05, 0) is 13.6 Å². The van der Waals surface area contributed by atoms with E-state index < -0.39 is 0 Å². The molecule has 0 aliphatic heterocycles. The SMILES string of the molecule is C=COB(C)C. The maximum absolute atomic E-state index is 4.81. The Labute approximate surface area is 39.1 Å². The Morgan fingerprint density at radius 1 is 1.67 bits per heavy atom. The molecule has 0 unspecified atom stereocenters. The van der Waals surface area contributed by atoms with E-state index in [9.17, 15) is 0 Å². The van der Waals surface area contributed by atoms with Gasteiger partial charge in [0.15, 0.2) is 0 Å². The molecule has 0 aliphatic rings. The number of rotatable bonds is 2. The van der Waals surface area contributed by atoms with Gasteiger partial charge in [-0.1, -0.05) is 6.58 Å². The van der Waals surface area contributed by atoms with E-state index in [1.165, 1.54) is 6.26 Å². The first-order valence-corrected chi connectivity index (χ1v) is 2.03. The number of hydrogen-bond donors (Lipinski definition) is 0. The summed E-state index contributed by atoms with van der Waals surface area (Å²) in [5.74, 6) is 0. The molecule has 0 fully saturated rings. The maximum atomic E-state index is 4.81. The summed E-state index contributed by atoms with van der Waals surface area (Å²) in [6.07, 6.45) is 1.45. The van der Waals surface area contributed by atoms with Crippen LogP contribution in [0.25, 0.3) is 0 Å². The van der Waals surface area contributed by atoms with Gasteiger partial charge in [-0.2, -0.15) is 0 Å². The lowest BCUT2D eigenvalue weighted by Gasteiger charge is -1.95. The Kier molecular flexibility index (Phi) is 2.64. The van der Waals surface area contributed by atoms with Crippen molar-refractivity contribution < 1.29 is 4.65 Å². The van der Waals surface area contributed by atoms with Crippen LogP contribution in [0.2, 0.25) is 13.6 Å². The van der Waals surface area contributed by atoms with Gasteiger partial charge in [0.05, 0.1) is 6.26 Å². The molecule has 0 heterocycles. The molecule has 0 N–H and O–H groups in total. The molecule has 0 saturated carbocycles. The monoisotopic (exact) mass is 84.1 g/mol. The zero-order valence-electron chi connectivity index (χ0n) is 4.27. The van der Waals surface area contributed by atoms with Crippen molar-refractivity contribution in [2.24, 2.45) is 0 Å². The molecule has 0 radical (unpaired) electrons. The van der Waals surface area contributed by atoms with Crippen LogP contribution in [0.3, 0.4) is 0 Å². The fraction of sp³-hybridized carbons (Fsp3) is 0.500. The summed E-state index contributed by atoms with van der Waals surface area (Å²) in [6.45, 7) is 7.58. The quantitative estimate of drug-likeness (QED) is 0.363. The zero-order valence-corrected chi connectivity index (χ0v) is 4.27. The maximum Gasteiger partial charge on any atom is 0.350 e. The van der Waals surface area contributed by atoms with Crippen LogP contribution in [0.15, 0.2) is 12.8 Å². The molecule has 0 aliphatic carbocycles. The predicted octanol–water partition coefficient (Wildman–Crippen LogP) is 1.40. The second-order valence-electron chi connectivity index (χ2n) is 1.35. The Morgan fingerprint density at radius 2 is 2.17 bits per heavy atom. The molecule has 0 rings (SSSR count). The minimum Gasteiger partial charge on any atom is -0.567 e. The highest BCUT2D eigenvalue weighted by molar-refractivity contribution is 6.48. The summed E-state index contributed by atoms with van der Waals surface area (Å²) in [7, 11) is 0. The highest BCUT2D eigenvalue weighted by Gasteiger charge is 1.91. The van der Waals surface area contributed by atoms with E-state index >= 15 is 0 Å². The van der Waals surface area contributed by atoms with Crippen LogP contribution < -0.4 is 0 Å². The summed E-state index contributed by atoms with van der Waals surface area (Å²) in [5, 5.41) is 0. The van der Waals surface area contributed by atoms with Crippen molar-refractivity contribution in [2.75, 3.05) is 0 Å². The van der Waals surface area contributed by atoms with E-state index in [1.807, 2.05) is 13.6 Å². The predicted molar refractivity (Wildman–Crippen MR) is 28.8 cm³/mol. The van der Waals surface area contributed by atoms with Crippen molar-refractivity contribution in [3.63, 3.8) is 0 Å². The summed E-state index contributed by atoms with van der Waals surface area (Å²) in [4.78, 5) is 0. The molecule has 1 nitrogen and oxygen atoms in total. The van der Waals surface area contributed by atoms with Crippen LogP contribution in [0, 0.1) is 0 Å². The number of hydrogen-bond acceptors (Lipinski definition) is 1. The summed E-state index contributed by atoms with van der Waals surface area (Å²) in [6, 6.07) is 0. The first kappa shape index (κ1) is 5.60. The third-order valence-corrected chi connectivity index (χ3v) is 0.368. The second-order valence-corrected chi connectivity index (χ2v) is 1.35. The van der Waals surface area contributed by atoms with E-state index in [4.69, 9.17) is 4.65 Å². The van der Waals surface area contributed by atoms with Gasteiger partial charge in [-0.15, -0.1) is 0 Å². The highest BCUT2D eigenvalue weighted by Crippen LogP contribution is 1.79. The van der Waals surface area contributed by atoms with Crippen molar-refractivity contribution in [1.29, 1.82) is 0 Å². The summed E-state index contributed by atoms with van der Waals surface area (Å²) in [5.41, 5.74) is 0. The van der Waals surface area contributed by atoms with Gasteiger partial charge in [0.25, 0.3) is 0 Å². The summed E-state index contributed by atoms with van der Waals surface area (Å²) < 4.78 is 4.81.